The molecule has 1 saturated heterocycles. The van der Waals surface area contributed by atoms with Crippen molar-refractivity contribution >= 4 is 11.8 Å². The van der Waals surface area contributed by atoms with E-state index in [9.17, 15) is 9.59 Å². The molecule has 0 aromatic heterocycles. The van der Waals surface area contributed by atoms with Crippen molar-refractivity contribution in [3.05, 3.63) is 0 Å². The maximum absolute atomic E-state index is 11.1. The van der Waals surface area contributed by atoms with Gasteiger partial charge in [-0.25, -0.2) is 5.06 Å². The van der Waals surface area contributed by atoms with E-state index < -0.39 is 11.8 Å². The molecular formula is C7H12N2O3. The Morgan fingerprint density at radius 1 is 1.42 bits per heavy atom. The van der Waals surface area contributed by atoms with Crippen molar-refractivity contribution in [1.82, 2.24) is 10.4 Å². The van der Waals surface area contributed by atoms with Crippen LogP contribution in [-0.4, -0.2) is 37.1 Å². The lowest BCUT2D eigenvalue weighted by atomic mass is 10.3. The molecule has 0 bridgehead atoms. The first kappa shape index (κ1) is 8.99. The van der Waals surface area contributed by atoms with Gasteiger partial charge in [-0.05, 0) is 12.8 Å². The third kappa shape index (κ3) is 1.94. The first-order valence-corrected chi connectivity index (χ1v) is 3.92. The van der Waals surface area contributed by atoms with Crippen molar-refractivity contribution in [2.75, 3.05) is 20.2 Å². The summed E-state index contributed by atoms with van der Waals surface area (Å²) < 4.78 is 0. The Morgan fingerprint density at radius 3 is 2.67 bits per heavy atom. The maximum atomic E-state index is 11.1. The van der Waals surface area contributed by atoms with Crippen molar-refractivity contribution in [2.24, 2.45) is 0 Å². The van der Waals surface area contributed by atoms with E-state index in [4.69, 9.17) is 4.84 Å². The zero-order valence-corrected chi connectivity index (χ0v) is 7.00. The van der Waals surface area contributed by atoms with Crippen LogP contribution in [-0.2, 0) is 14.4 Å². The van der Waals surface area contributed by atoms with Crippen LogP contribution in [0.5, 0.6) is 0 Å². The molecular weight excluding hydrogens is 160 g/mol. The van der Waals surface area contributed by atoms with Gasteiger partial charge in [-0.3, -0.25) is 14.4 Å². The zero-order chi connectivity index (χ0) is 8.97. The molecule has 0 saturated carbocycles. The molecule has 1 heterocycles. The van der Waals surface area contributed by atoms with Gasteiger partial charge in [0.15, 0.2) is 0 Å². The molecule has 0 atom stereocenters. The molecule has 0 spiro atoms. The molecule has 1 fully saturated rings. The highest BCUT2D eigenvalue weighted by molar-refractivity contribution is 6.34. The average Bonchev–Trinajstić information content (AvgIpc) is 2.17. The standard InChI is InChI=1S/C7H12N2O3/c1-8-6(10)7(11)9-4-2-3-5-12-9/h2-5H2,1H3,(H,8,10). The zero-order valence-electron chi connectivity index (χ0n) is 7.00. The second-order valence-corrected chi connectivity index (χ2v) is 2.53. The van der Waals surface area contributed by atoms with Crippen molar-refractivity contribution < 1.29 is 14.4 Å². The lowest BCUT2D eigenvalue weighted by Crippen LogP contribution is -2.44. The largest absolute Gasteiger partial charge is 0.351 e. The van der Waals surface area contributed by atoms with Crippen LogP contribution in [0.4, 0.5) is 0 Å². The van der Waals surface area contributed by atoms with E-state index in [0.29, 0.717) is 13.2 Å². The summed E-state index contributed by atoms with van der Waals surface area (Å²) in [6.07, 6.45) is 1.83. The topological polar surface area (TPSA) is 58.6 Å². The van der Waals surface area contributed by atoms with E-state index in [-0.39, 0.29) is 0 Å². The van der Waals surface area contributed by atoms with E-state index in [2.05, 4.69) is 5.32 Å². The number of hydroxylamine groups is 2. The quantitative estimate of drug-likeness (QED) is 0.491. The second-order valence-electron chi connectivity index (χ2n) is 2.53. The summed E-state index contributed by atoms with van der Waals surface area (Å²) in [6, 6.07) is 0. The van der Waals surface area contributed by atoms with Gasteiger partial charge in [0.25, 0.3) is 0 Å². The van der Waals surface area contributed by atoms with Gasteiger partial charge >= 0.3 is 11.8 Å². The third-order valence-electron chi connectivity index (χ3n) is 1.65. The van der Waals surface area contributed by atoms with Crippen LogP contribution >= 0.6 is 0 Å². The minimum absolute atomic E-state index is 0.506. The minimum atomic E-state index is -0.628. The summed E-state index contributed by atoms with van der Waals surface area (Å²) in [7, 11) is 1.42. The van der Waals surface area contributed by atoms with Gasteiger partial charge in [0, 0.05) is 13.6 Å². The molecule has 0 aromatic rings. The van der Waals surface area contributed by atoms with Crippen LogP contribution in [0.15, 0.2) is 0 Å². The van der Waals surface area contributed by atoms with Gasteiger partial charge in [0.05, 0.1) is 6.61 Å². The molecule has 0 radical (unpaired) electrons. The maximum Gasteiger partial charge on any atom is 0.335 e. The Balaban J connectivity index is 2.45. The molecule has 0 aromatic carbocycles. The van der Waals surface area contributed by atoms with Crippen LogP contribution in [0.2, 0.25) is 0 Å². The number of nitrogens with one attached hydrogen (secondary N) is 1. The van der Waals surface area contributed by atoms with Gasteiger partial charge in [-0.2, -0.15) is 0 Å². The molecule has 1 aliphatic rings. The van der Waals surface area contributed by atoms with Gasteiger partial charge in [-0.15, -0.1) is 0 Å². The third-order valence-corrected chi connectivity index (χ3v) is 1.65. The van der Waals surface area contributed by atoms with E-state index in [1.165, 1.54) is 7.05 Å². The Bertz CT molecular complexity index is 187. The van der Waals surface area contributed by atoms with Crippen LogP contribution in [0.1, 0.15) is 12.8 Å². The molecule has 68 valence electrons. The van der Waals surface area contributed by atoms with Gasteiger partial charge in [0.2, 0.25) is 0 Å². The fourth-order valence-electron chi connectivity index (χ4n) is 0.977. The Labute approximate surface area is 70.6 Å². The number of hydrogen-bond acceptors (Lipinski definition) is 3. The summed E-state index contributed by atoms with van der Waals surface area (Å²) in [5, 5.41) is 3.37. The molecule has 0 aliphatic carbocycles. The predicted octanol–water partition coefficient (Wildman–Crippen LogP) is -0.714. The Morgan fingerprint density at radius 2 is 2.17 bits per heavy atom. The van der Waals surface area contributed by atoms with Gasteiger partial charge in [-0.1, -0.05) is 0 Å². The highest BCUT2D eigenvalue weighted by Gasteiger charge is 2.23. The number of nitrogens with zero attached hydrogens (tertiary/aromatic N) is 1. The van der Waals surface area contributed by atoms with Crippen molar-refractivity contribution in [1.29, 1.82) is 0 Å². The summed E-state index contributed by atoms with van der Waals surface area (Å²) >= 11 is 0. The molecule has 5 nitrogen and oxygen atoms in total. The highest BCUT2D eigenvalue weighted by Crippen LogP contribution is 2.05. The number of likely N-dealkylation sites (N-methyl/N-ethyl adjacent to an activating group) is 1. The molecule has 12 heavy (non-hydrogen) atoms. The van der Waals surface area contributed by atoms with Crippen LogP contribution in [0.3, 0.4) is 0 Å². The molecule has 5 heteroatoms. The van der Waals surface area contributed by atoms with Crippen molar-refractivity contribution in [2.45, 2.75) is 12.8 Å². The monoisotopic (exact) mass is 172 g/mol. The van der Waals surface area contributed by atoms with Crippen LogP contribution in [0.25, 0.3) is 0 Å². The fourth-order valence-corrected chi connectivity index (χ4v) is 0.977. The van der Waals surface area contributed by atoms with Crippen molar-refractivity contribution in [3.63, 3.8) is 0 Å². The van der Waals surface area contributed by atoms with Crippen LogP contribution in [0, 0.1) is 0 Å². The molecule has 2 amide bonds. The number of carbonyl (C=O) groups is 2. The van der Waals surface area contributed by atoms with E-state index in [1.54, 1.807) is 0 Å². The Hall–Kier alpha value is -1.10. The van der Waals surface area contributed by atoms with E-state index in [0.717, 1.165) is 17.9 Å². The van der Waals surface area contributed by atoms with Crippen LogP contribution < -0.4 is 5.32 Å². The first-order chi connectivity index (χ1) is 5.75. The minimum Gasteiger partial charge on any atom is -0.351 e. The number of carbonyl (C=O) groups excluding carboxylic acids is 2. The normalized spacial score (nSPS) is 17.2. The van der Waals surface area contributed by atoms with Gasteiger partial charge < -0.3 is 5.32 Å². The Kier molecular flexibility index (Phi) is 3.04. The summed E-state index contributed by atoms with van der Waals surface area (Å²) in [6.45, 7) is 1.02. The number of hydrogen-bond donors (Lipinski definition) is 1. The molecule has 1 aliphatic heterocycles. The summed E-state index contributed by atoms with van der Waals surface area (Å²) in [5.41, 5.74) is 0. The smallest absolute Gasteiger partial charge is 0.335 e. The van der Waals surface area contributed by atoms with Gasteiger partial charge in [0.1, 0.15) is 0 Å². The van der Waals surface area contributed by atoms with E-state index >= 15 is 0 Å². The number of amides is 2. The lowest BCUT2D eigenvalue weighted by molar-refractivity contribution is -0.197. The SMILES string of the molecule is CNC(=O)C(=O)N1CCCCO1. The highest BCUT2D eigenvalue weighted by atomic mass is 16.7. The summed E-state index contributed by atoms with van der Waals surface area (Å²) in [4.78, 5) is 26.9. The van der Waals surface area contributed by atoms with E-state index in [1.807, 2.05) is 0 Å². The average molecular weight is 172 g/mol. The molecule has 1 N–H and O–H groups in total. The molecule has 1 rings (SSSR count). The molecule has 0 unspecified atom stereocenters. The van der Waals surface area contributed by atoms with Crippen molar-refractivity contribution in [3.8, 4) is 0 Å². The first-order valence-electron chi connectivity index (χ1n) is 3.92. The number of rotatable bonds is 0. The fraction of sp³-hybridized carbons (Fsp3) is 0.714. The lowest BCUT2D eigenvalue weighted by Gasteiger charge is -2.24. The second kappa shape index (κ2) is 4.06. The summed E-state index contributed by atoms with van der Waals surface area (Å²) in [5.74, 6) is -1.24. The predicted molar refractivity (Wildman–Crippen MR) is 41.0 cm³/mol.